The number of para-hydroxylation sites is 2. The molecule has 0 saturated heterocycles. The fourth-order valence-corrected chi connectivity index (χ4v) is 10.4. The second-order valence-corrected chi connectivity index (χ2v) is 19.0. The predicted octanol–water partition coefficient (Wildman–Crippen LogP) is 12.8. The molecule has 60 heavy (non-hydrogen) atoms. The van der Waals surface area contributed by atoms with Gasteiger partial charge in [0.25, 0.3) is 6.71 Å². The normalized spacial score (nSPS) is 13.1. The summed E-state index contributed by atoms with van der Waals surface area (Å²) >= 11 is 0. The smallest absolute Gasteiger partial charge is 0.252 e. The molecule has 8 aromatic carbocycles. The van der Waals surface area contributed by atoms with Gasteiger partial charge in [0.05, 0.1) is 22.1 Å². The molecule has 2 aliphatic rings. The molecule has 12 rings (SSSR count). The Labute approximate surface area is 352 Å². The Balaban J connectivity index is 1.16. The maximum atomic E-state index is 2.59. The first-order valence-corrected chi connectivity index (χ1v) is 21.4. The van der Waals surface area contributed by atoms with E-state index in [-0.39, 0.29) is 17.5 Å². The molecule has 288 valence electrons. The summed E-state index contributed by atoms with van der Waals surface area (Å²) < 4.78 is 5.16. The zero-order valence-electron chi connectivity index (χ0n) is 35.1. The molecular weight excluding hydrogens is 725 g/mol. The summed E-state index contributed by atoms with van der Waals surface area (Å²) in [4.78, 5) is 2.44. The van der Waals surface area contributed by atoms with E-state index in [1.54, 1.807) is 0 Å². The summed E-state index contributed by atoms with van der Waals surface area (Å²) in [6.45, 7) is 13.8. The molecule has 10 aromatic rings. The van der Waals surface area contributed by atoms with Gasteiger partial charge in [-0.3, -0.25) is 0 Å². The highest BCUT2D eigenvalue weighted by Crippen LogP contribution is 2.44. The quantitative estimate of drug-likeness (QED) is 0.162. The van der Waals surface area contributed by atoms with Crippen LogP contribution in [0.15, 0.2) is 170 Å². The van der Waals surface area contributed by atoms with Gasteiger partial charge in [0.15, 0.2) is 0 Å². The average Bonchev–Trinajstić information content (AvgIpc) is 3.78. The predicted molar refractivity (Wildman–Crippen MR) is 257 cm³/mol. The van der Waals surface area contributed by atoms with Gasteiger partial charge in [-0.2, -0.15) is 0 Å². The first kappa shape index (κ1) is 35.2. The third-order valence-electron chi connectivity index (χ3n) is 13.4. The van der Waals surface area contributed by atoms with E-state index in [0.29, 0.717) is 0 Å². The number of anilines is 3. The highest BCUT2D eigenvalue weighted by molar-refractivity contribution is 7.00. The summed E-state index contributed by atoms with van der Waals surface area (Å²) in [5.74, 6) is 0. The van der Waals surface area contributed by atoms with Crippen LogP contribution in [-0.4, -0.2) is 15.8 Å². The van der Waals surface area contributed by atoms with E-state index in [9.17, 15) is 0 Å². The van der Waals surface area contributed by atoms with Gasteiger partial charge in [-0.15, -0.1) is 0 Å². The van der Waals surface area contributed by atoms with Crippen LogP contribution in [0.2, 0.25) is 0 Å². The molecule has 0 fully saturated rings. The van der Waals surface area contributed by atoms with E-state index in [1.807, 2.05) is 0 Å². The lowest BCUT2D eigenvalue weighted by Crippen LogP contribution is -2.59. The Morgan fingerprint density at radius 3 is 1.40 bits per heavy atom. The maximum Gasteiger partial charge on any atom is 0.252 e. The van der Waals surface area contributed by atoms with Gasteiger partial charge in [-0.1, -0.05) is 151 Å². The highest BCUT2D eigenvalue weighted by Gasteiger charge is 2.41. The molecule has 4 heterocycles. The summed E-state index contributed by atoms with van der Waals surface area (Å²) in [5, 5.41) is 5.22. The second kappa shape index (κ2) is 12.4. The van der Waals surface area contributed by atoms with Crippen LogP contribution in [0.3, 0.4) is 0 Å². The molecule has 0 spiro atoms. The SMILES string of the molecule is CC(C)(C)c1ccc(N(c2ccc(C(C)(C)C)cc2)c2ccc3c(c2)-n2c4ccccc4c4cc5c6ccccc6n6c5c(c42)B3c2ccc(-c3ccccc3)cc2-6)cc1. The molecule has 0 N–H and O–H groups in total. The van der Waals surface area contributed by atoms with Crippen LogP contribution >= 0.6 is 0 Å². The van der Waals surface area contributed by atoms with E-state index in [4.69, 9.17) is 0 Å². The van der Waals surface area contributed by atoms with Crippen LogP contribution in [0.4, 0.5) is 17.1 Å². The number of fused-ring (bicyclic) bond motifs is 12. The lowest BCUT2D eigenvalue weighted by atomic mass is 9.34. The third kappa shape index (κ3) is 4.97. The van der Waals surface area contributed by atoms with Crippen molar-refractivity contribution in [3.05, 3.63) is 181 Å². The van der Waals surface area contributed by atoms with Crippen molar-refractivity contribution in [2.45, 2.75) is 52.4 Å². The Morgan fingerprint density at radius 2 is 0.867 bits per heavy atom. The number of aromatic nitrogens is 2. The monoisotopic (exact) mass is 771 g/mol. The molecular formula is C56H46BN3. The molecule has 0 saturated carbocycles. The molecule has 0 amide bonds. The summed E-state index contributed by atoms with van der Waals surface area (Å²) in [5.41, 5.74) is 20.4. The number of hydrogen-bond acceptors (Lipinski definition) is 1. The Bertz CT molecular complexity index is 3320. The van der Waals surface area contributed by atoms with Crippen LogP contribution in [-0.2, 0) is 10.8 Å². The van der Waals surface area contributed by atoms with Gasteiger partial charge in [0, 0.05) is 50.0 Å². The minimum atomic E-state index is 0.0549. The van der Waals surface area contributed by atoms with Crippen LogP contribution in [0.5, 0.6) is 0 Å². The molecule has 0 aliphatic carbocycles. The third-order valence-corrected chi connectivity index (χ3v) is 13.4. The summed E-state index contributed by atoms with van der Waals surface area (Å²) in [6.07, 6.45) is 0. The first-order chi connectivity index (χ1) is 29.0. The van der Waals surface area contributed by atoms with Crippen LogP contribution < -0.4 is 21.3 Å². The molecule has 0 unspecified atom stereocenters. The number of benzene rings is 8. The molecule has 2 aliphatic heterocycles. The molecule has 3 nitrogen and oxygen atoms in total. The van der Waals surface area contributed by atoms with E-state index in [1.165, 1.54) is 93.6 Å². The van der Waals surface area contributed by atoms with Crippen molar-refractivity contribution in [3.8, 4) is 22.5 Å². The molecule has 0 bridgehead atoms. The van der Waals surface area contributed by atoms with Gasteiger partial charge in [0.1, 0.15) is 0 Å². The van der Waals surface area contributed by atoms with Crippen molar-refractivity contribution >= 4 is 83.8 Å². The molecule has 0 radical (unpaired) electrons. The van der Waals surface area contributed by atoms with Gasteiger partial charge < -0.3 is 14.0 Å². The van der Waals surface area contributed by atoms with Crippen molar-refractivity contribution in [1.29, 1.82) is 0 Å². The topological polar surface area (TPSA) is 13.1 Å². The second-order valence-electron chi connectivity index (χ2n) is 19.0. The van der Waals surface area contributed by atoms with Crippen molar-refractivity contribution in [2.75, 3.05) is 4.90 Å². The van der Waals surface area contributed by atoms with Crippen molar-refractivity contribution in [2.24, 2.45) is 0 Å². The fourth-order valence-electron chi connectivity index (χ4n) is 10.4. The average molecular weight is 772 g/mol. The lowest BCUT2D eigenvalue weighted by Gasteiger charge is -2.34. The largest absolute Gasteiger partial charge is 0.310 e. The van der Waals surface area contributed by atoms with E-state index in [0.717, 1.165) is 17.1 Å². The summed E-state index contributed by atoms with van der Waals surface area (Å²) in [6, 6.07) is 64.2. The number of nitrogens with zero attached hydrogens (tertiary/aromatic N) is 3. The van der Waals surface area contributed by atoms with Crippen LogP contribution in [0.1, 0.15) is 52.7 Å². The molecule has 2 aromatic heterocycles. The Kier molecular flexibility index (Phi) is 7.26. The minimum absolute atomic E-state index is 0.0549. The van der Waals surface area contributed by atoms with Crippen molar-refractivity contribution in [3.63, 3.8) is 0 Å². The first-order valence-electron chi connectivity index (χ1n) is 21.4. The molecule has 0 atom stereocenters. The van der Waals surface area contributed by atoms with Crippen LogP contribution in [0, 0.1) is 0 Å². The Morgan fingerprint density at radius 1 is 0.400 bits per heavy atom. The van der Waals surface area contributed by atoms with E-state index >= 15 is 0 Å². The van der Waals surface area contributed by atoms with Gasteiger partial charge in [-0.05, 0) is 110 Å². The zero-order chi connectivity index (χ0) is 40.7. The van der Waals surface area contributed by atoms with Crippen molar-refractivity contribution in [1.82, 2.24) is 9.13 Å². The van der Waals surface area contributed by atoms with Crippen molar-refractivity contribution < 1.29 is 0 Å². The molecule has 4 heteroatoms. The van der Waals surface area contributed by atoms with E-state index in [2.05, 4.69) is 225 Å². The standard InChI is InChI=1S/C56H46BN3/c1-55(2,3)37-21-25-39(26-22-37)58(40-27-23-38(24-28-40)56(4,5)6)41-29-31-47-51(33-41)60-49-19-13-11-17-43(49)45-34-44-42-16-10-12-18-48(42)59-50-32-36(35-14-8-7-9-15-35)20-30-46(50)57(47)52(53(44)59)54(45)60/h7-34H,1-6H3. The minimum Gasteiger partial charge on any atom is -0.310 e. The highest BCUT2D eigenvalue weighted by atomic mass is 15.1. The Hall–Kier alpha value is -6.78. The van der Waals surface area contributed by atoms with Gasteiger partial charge in [0.2, 0.25) is 0 Å². The lowest BCUT2D eigenvalue weighted by molar-refractivity contribution is 0.590. The number of hydrogen-bond donors (Lipinski definition) is 0. The maximum absolute atomic E-state index is 2.59. The van der Waals surface area contributed by atoms with Crippen LogP contribution in [0.25, 0.3) is 66.1 Å². The van der Waals surface area contributed by atoms with E-state index < -0.39 is 0 Å². The zero-order valence-corrected chi connectivity index (χ0v) is 35.1. The van der Waals surface area contributed by atoms with Gasteiger partial charge >= 0.3 is 0 Å². The summed E-state index contributed by atoms with van der Waals surface area (Å²) in [7, 11) is 0. The number of rotatable bonds is 4. The fraction of sp³-hybridized carbons (Fsp3) is 0.143. The van der Waals surface area contributed by atoms with Gasteiger partial charge in [-0.25, -0.2) is 0 Å².